The fourth-order valence-corrected chi connectivity index (χ4v) is 1.62. The summed E-state index contributed by atoms with van der Waals surface area (Å²) >= 11 is 0. The van der Waals surface area contributed by atoms with Gasteiger partial charge in [0.1, 0.15) is 5.75 Å². The van der Waals surface area contributed by atoms with Crippen molar-refractivity contribution in [2.24, 2.45) is 5.73 Å². The van der Waals surface area contributed by atoms with Gasteiger partial charge in [-0.2, -0.15) is 0 Å². The van der Waals surface area contributed by atoms with Crippen LogP contribution < -0.4 is 10.5 Å². The third kappa shape index (κ3) is 2.30. The monoisotopic (exact) mass is 209 g/mol. The summed E-state index contributed by atoms with van der Waals surface area (Å²) in [5, 5.41) is 10.0. The number of hydrogen-bond acceptors (Lipinski definition) is 3. The van der Waals surface area contributed by atoms with Crippen molar-refractivity contribution in [1.82, 2.24) is 0 Å². The first-order valence-corrected chi connectivity index (χ1v) is 5.06. The van der Waals surface area contributed by atoms with Gasteiger partial charge >= 0.3 is 0 Å². The quantitative estimate of drug-likeness (QED) is 0.796. The molecule has 1 aromatic rings. The zero-order valence-corrected chi connectivity index (χ0v) is 9.74. The Labute approximate surface area is 90.9 Å². The summed E-state index contributed by atoms with van der Waals surface area (Å²) in [5.74, 6) is 0.697. The van der Waals surface area contributed by atoms with Crippen LogP contribution in [-0.4, -0.2) is 18.3 Å². The summed E-state index contributed by atoms with van der Waals surface area (Å²) in [4.78, 5) is 0. The second-order valence-electron chi connectivity index (χ2n) is 3.93. The van der Waals surface area contributed by atoms with E-state index in [1.807, 2.05) is 26.0 Å². The highest BCUT2D eigenvalue weighted by molar-refractivity contribution is 5.45. The van der Waals surface area contributed by atoms with Crippen molar-refractivity contribution in [1.29, 1.82) is 0 Å². The summed E-state index contributed by atoms with van der Waals surface area (Å²) in [6.07, 6.45) is -0.681. The van der Waals surface area contributed by atoms with Crippen molar-refractivity contribution in [2.75, 3.05) is 7.11 Å². The van der Waals surface area contributed by atoms with Crippen molar-refractivity contribution >= 4 is 0 Å². The maximum atomic E-state index is 10.0. The van der Waals surface area contributed by atoms with Gasteiger partial charge in [0, 0.05) is 11.6 Å². The third-order valence-corrected chi connectivity index (χ3v) is 2.76. The van der Waals surface area contributed by atoms with Crippen LogP contribution in [0.5, 0.6) is 5.75 Å². The number of hydrogen-bond donors (Lipinski definition) is 2. The second kappa shape index (κ2) is 4.64. The van der Waals surface area contributed by atoms with Gasteiger partial charge < -0.3 is 15.6 Å². The fraction of sp³-hybridized carbons (Fsp3) is 0.500. The van der Waals surface area contributed by atoms with Gasteiger partial charge in [0.2, 0.25) is 0 Å². The highest BCUT2D eigenvalue weighted by Gasteiger charge is 2.20. The van der Waals surface area contributed by atoms with Crippen LogP contribution in [0.1, 0.15) is 29.7 Å². The van der Waals surface area contributed by atoms with Crippen LogP contribution in [0.2, 0.25) is 0 Å². The molecule has 0 saturated heterocycles. The molecule has 0 aromatic heterocycles. The molecule has 0 heterocycles. The molecule has 0 amide bonds. The zero-order chi connectivity index (χ0) is 11.6. The third-order valence-electron chi connectivity index (χ3n) is 2.76. The molecule has 2 unspecified atom stereocenters. The highest BCUT2D eigenvalue weighted by Crippen LogP contribution is 2.31. The minimum Gasteiger partial charge on any atom is -0.496 e. The molecule has 3 nitrogen and oxygen atoms in total. The van der Waals surface area contributed by atoms with Gasteiger partial charge in [0.15, 0.2) is 0 Å². The SMILES string of the molecule is COc1ccc(C)c(C)c1C(O)C(C)N. The predicted octanol–water partition coefficient (Wildman–Crippen LogP) is 1.69. The number of nitrogens with two attached hydrogens (primary N) is 1. The molecular weight excluding hydrogens is 190 g/mol. The van der Waals surface area contributed by atoms with Crippen LogP contribution in [0.4, 0.5) is 0 Å². The molecule has 0 saturated carbocycles. The Balaban J connectivity index is 3.29. The second-order valence-corrected chi connectivity index (χ2v) is 3.93. The molecule has 0 spiro atoms. The average molecular weight is 209 g/mol. The van der Waals surface area contributed by atoms with Crippen molar-refractivity contribution in [3.63, 3.8) is 0 Å². The van der Waals surface area contributed by atoms with E-state index in [9.17, 15) is 5.11 Å². The van der Waals surface area contributed by atoms with Crippen LogP contribution in [0.3, 0.4) is 0 Å². The molecule has 1 rings (SSSR count). The molecular formula is C12H19NO2. The minimum absolute atomic E-state index is 0.306. The van der Waals surface area contributed by atoms with Gasteiger partial charge in [0.25, 0.3) is 0 Å². The van der Waals surface area contributed by atoms with E-state index in [0.717, 1.165) is 16.7 Å². The molecule has 0 aliphatic heterocycles. The first-order chi connectivity index (χ1) is 6.99. The van der Waals surface area contributed by atoms with Crippen molar-refractivity contribution in [3.05, 3.63) is 28.8 Å². The van der Waals surface area contributed by atoms with E-state index in [0.29, 0.717) is 5.75 Å². The average Bonchev–Trinajstić information content (AvgIpc) is 2.20. The lowest BCUT2D eigenvalue weighted by atomic mass is 9.95. The van der Waals surface area contributed by atoms with Crippen molar-refractivity contribution in [3.8, 4) is 5.75 Å². The fourth-order valence-electron chi connectivity index (χ4n) is 1.62. The Morgan fingerprint density at radius 2 is 1.93 bits per heavy atom. The van der Waals surface area contributed by atoms with E-state index >= 15 is 0 Å². The standard InChI is InChI=1S/C12H19NO2/c1-7-5-6-10(15-4)11(8(7)2)12(14)9(3)13/h5-6,9,12,14H,13H2,1-4H3. The molecule has 1 aromatic carbocycles. The molecule has 3 heteroatoms. The molecule has 84 valence electrons. The van der Waals surface area contributed by atoms with Crippen LogP contribution in [0, 0.1) is 13.8 Å². The largest absolute Gasteiger partial charge is 0.496 e. The van der Waals surface area contributed by atoms with E-state index in [1.165, 1.54) is 0 Å². The Morgan fingerprint density at radius 1 is 1.33 bits per heavy atom. The van der Waals surface area contributed by atoms with Gasteiger partial charge in [-0.15, -0.1) is 0 Å². The van der Waals surface area contributed by atoms with Gasteiger partial charge in [-0.3, -0.25) is 0 Å². The lowest BCUT2D eigenvalue weighted by Crippen LogP contribution is -2.25. The van der Waals surface area contributed by atoms with Crippen molar-refractivity contribution < 1.29 is 9.84 Å². The van der Waals surface area contributed by atoms with Crippen LogP contribution in [0.15, 0.2) is 12.1 Å². The number of ether oxygens (including phenoxy) is 1. The summed E-state index contributed by atoms with van der Waals surface area (Å²) in [7, 11) is 1.60. The first-order valence-electron chi connectivity index (χ1n) is 5.06. The molecule has 0 aliphatic carbocycles. The number of aryl methyl sites for hydroxylation is 1. The Morgan fingerprint density at radius 3 is 2.40 bits per heavy atom. The number of methoxy groups -OCH3 is 1. The summed E-state index contributed by atoms with van der Waals surface area (Å²) in [6.45, 7) is 5.76. The Bertz CT molecular complexity index is 348. The van der Waals surface area contributed by atoms with E-state index in [2.05, 4.69) is 0 Å². The van der Waals surface area contributed by atoms with Gasteiger partial charge in [-0.05, 0) is 38.0 Å². The number of aliphatic hydroxyl groups excluding tert-OH is 1. The molecule has 2 atom stereocenters. The first kappa shape index (κ1) is 12.0. The lowest BCUT2D eigenvalue weighted by molar-refractivity contribution is 0.148. The smallest absolute Gasteiger partial charge is 0.125 e. The molecule has 0 aliphatic rings. The molecule has 0 radical (unpaired) electrons. The van der Waals surface area contributed by atoms with Gasteiger partial charge in [-0.1, -0.05) is 6.07 Å². The Hall–Kier alpha value is -1.06. The maximum absolute atomic E-state index is 10.0. The van der Waals surface area contributed by atoms with Crippen LogP contribution >= 0.6 is 0 Å². The Kier molecular flexibility index (Phi) is 3.72. The summed E-state index contributed by atoms with van der Waals surface area (Å²) in [6, 6.07) is 3.54. The van der Waals surface area contributed by atoms with Crippen LogP contribution in [-0.2, 0) is 0 Å². The van der Waals surface area contributed by atoms with E-state index in [4.69, 9.17) is 10.5 Å². The van der Waals surface area contributed by atoms with E-state index in [-0.39, 0.29) is 6.04 Å². The summed E-state index contributed by atoms with van der Waals surface area (Å²) < 4.78 is 5.24. The normalized spacial score (nSPS) is 14.8. The molecule has 3 N–H and O–H groups in total. The lowest BCUT2D eigenvalue weighted by Gasteiger charge is -2.21. The molecule has 0 fully saturated rings. The predicted molar refractivity (Wildman–Crippen MR) is 61.1 cm³/mol. The van der Waals surface area contributed by atoms with Crippen LogP contribution in [0.25, 0.3) is 0 Å². The number of benzene rings is 1. The maximum Gasteiger partial charge on any atom is 0.125 e. The topological polar surface area (TPSA) is 55.5 Å². The van der Waals surface area contributed by atoms with Gasteiger partial charge in [0.05, 0.1) is 13.2 Å². The van der Waals surface area contributed by atoms with E-state index in [1.54, 1.807) is 14.0 Å². The van der Waals surface area contributed by atoms with E-state index < -0.39 is 6.10 Å². The highest BCUT2D eigenvalue weighted by atomic mass is 16.5. The zero-order valence-electron chi connectivity index (χ0n) is 9.74. The molecule has 0 bridgehead atoms. The van der Waals surface area contributed by atoms with Gasteiger partial charge in [-0.25, -0.2) is 0 Å². The number of rotatable bonds is 3. The summed E-state index contributed by atoms with van der Waals surface area (Å²) in [5.41, 5.74) is 8.67. The minimum atomic E-state index is -0.681. The molecule has 15 heavy (non-hydrogen) atoms. The number of aliphatic hydroxyl groups is 1. The van der Waals surface area contributed by atoms with Crippen molar-refractivity contribution in [2.45, 2.75) is 32.9 Å².